The van der Waals surface area contributed by atoms with Crippen LogP contribution in [0.2, 0.25) is 0 Å². The quantitative estimate of drug-likeness (QED) is 0.647. The Kier molecular flexibility index (Phi) is 6.32. The molecule has 1 saturated heterocycles. The van der Waals surface area contributed by atoms with E-state index in [0.29, 0.717) is 39.3 Å². The van der Waals surface area contributed by atoms with Gasteiger partial charge in [0.25, 0.3) is 0 Å². The van der Waals surface area contributed by atoms with E-state index < -0.39 is 0 Å². The van der Waals surface area contributed by atoms with E-state index in [1.54, 1.807) is 6.07 Å². The molecule has 1 atom stereocenters. The minimum Gasteiger partial charge on any atom is -0.365 e. The van der Waals surface area contributed by atoms with Crippen LogP contribution in [0.15, 0.2) is 54.6 Å². The number of piperazine rings is 1. The second-order valence-electron chi connectivity index (χ2n) is 8.43. The Morgan fingerprint density at radius 2 is 1.91 bits per heavy atom. The van der Waals surface area contributed by atoms with Gasteiger partial charge in [0.1, 0.15) is 17.6 Å². The molecular weight excluding hydrogens is 423 g/mol. The SMILES string of the molecule is O=C(NCc1ccccc1)N1CCN(Cc2nnn3c2COC(c2cccc(F)c2)C3)CC1. The number of benzene rings is 2. The molecule has 1 N–H and O–H groups in total. The maximum atomic E-state index is 13.6. The highest BCUT2D eigenvalue weighted by atomic mass is 19.1. The smallest absolute Gasteiger partial charge is 0.317 e. The first-order chi connectivity index (χ1) is 16.2. The van der Waals surface area contributed by atoms with Crippen molar-refractivity contribution in [1.29, 1.82) is 0 Å². The average Bonchev–Trinajstić information content (AvgIpc) is 3.25. The van der Waals surface area contributed by atoms with Crippen LogP contribution in [0, 0.1) is 5.82 Å². The van der Waals surface area contributed by atoms with E-state index in [1.807, 2.05) is 46.0 Å². The van der Waals surface area contributed by atoms with Crippen molar-refractivity contribution >= 4 is 6.03 Å². The predicted octanol–water partition coefficient (Wildman–Crippen LogP) is 2.72. The van der Waals surface area contributed by atoms with Crippen molar-refractivity contribution < 1.29 is 13.9 Å². The van der Waals surface area contributed by atoms with Crippen LogP contribution in [0.5, 0.6) is 0 Å². The Bertz CT molecular complexity index is 1100. The fourth-order valence-electron chi connectivity index (χ4n) is 4.30. The summed E-state index contributed by atoms with van der Waals surface area (Å²) in [6.45, 7) is 5.00. The number of urea groups is 1. The normalized spacial score (nSPS) is 18.7. The summed E-state index contributed by atoms with van der Waals surface area (Å²) in [4.78, 5) is 16.6. The van der Waals surface area contributed by atoms with Crippen molar-refractivity contribution in [2.24, 2.45) is 0 Å². The molecule has 0 bridgehead atoms. The monoisotopic (exact) mass is 450 g/mol. The third-order valence-electron chi connectivity index (χ3n) is 6.22. The Labute approximate surface area is 191 Å². The van der Waals surface area contributed by atoms with Crippen LogP contribution >= 0.6 is 0 Å². The molecule has 2 aliphatic rings. The number of hydrogen-bond donors (Lipinski definition) is 1. The number of carbonyl (C=O) groups excluding carboxylic acids is 1. The van der Waals surface area contributed by atoms with Gasteiger partial charge in [0, 0.05) is 39.3 Å². The van der Waals surface area contributed by atoms with Crippen molar-refractivity contribution in [2.75, 3.05) is 26.2 Å². The molecule has 0 radical (unpaired) electrons. The number of halogens is 1. The molecule has 2 aliphatic heterocycles. The maximum absolute atomic E-state index is 13.6. The van der Waals surface area contributed by atoms with E-state index in [4.69, 9.17) is 4.74 Å². The zero-order chi connectivity index (χ0) is 22.6. The Hall–Kier alpha value is -3.30. The number of rotatable bonds is 5. The minimum absolute atomic E-state index is 0.0312. The van der Waals surface area contributed by atoms with Crippen LogP contribution in [-0.4, -0.2) is 57.0 Å². The number of fused-ring (bicyclic) bond motifs is 1. The van der Waals surface area contributed by atoms with E-state index in [1.165, 1.54) is 12.1 Å². The molecule has 9 heteroatoms. The van der Waals surface area contributed by atoms with Gasteiger partial charge < -0.3 is 15.0 Å². The van der Waals surface area contributed by atoms with Crippen LogP contribution in [-0.2, 0) is 31.0 Å². The maximum Gasteiger partial charge on any atom is 0.317 e. The third kappa shape index (κ3) is 5.04. The lowest BCUT2D eigenvalue weighted by Gasteiger charge is -2.34. The molecule has 5 rings (SSSR count). The van der Waals surface area contributed by atoms with Crippen molar-refractivity contribution in [3.05, 3.63) is 82.9 Å². The Morgan fingerprint density at radius 1 is 1.09 bits per heavy atom. The summed E-state index contributed by atoms with van der Waals surface area (Å²) in [5, 5.41) is 11.7. The van der Waals surface area contributed by atoms with Crippen LogP contribution in [0.25, 0.3) is 0 Å². The minimum atomic E-state index is -0.269. The standard InChI is InChI=1S/C24H27FN6O2/c25-20-8-4-7-19(13-20)23-16-31-22(17-33-23)21(27-28-31)15-29-9-11-30(12-10-29)24(32)26-14-18-5-2-1-3-6-18/h1-8,13,23H,9-12,14-17H2,(H,26,32). The molecule has 8 nitrogen and oxygen atoms in total. The molecule has 3 heterocycles. The van der Waals surface area contributed by atoms with E-state index >= 15 is 0 Å². The van der Waals surface area contributed by atoms with Crippen molar-refractivity contribution in [1.82, 2.24) is 30.1 Å². The van der Waals surface area contributed by atoms with Gasteiger partial charge in [0.05, 0.1) is 18.8 Å². The molecular formula is C24H27FN6O2. The summed E-state index contributed by atoms with van der Waals surface area (Å²) in [6, 6.07) is 16.4. The predicted molar refractivity (Wildman–Crippen MR) is 119 cm³/mol. The Morgan fingerprint density at radius 3 is 2.70 bits per heavy atom. The number of nitrogens with one attached hydrogen (secondary N) is 1. The van der Waals surface area contributed by atoms with Gasteiger partial charge in [-0.15, -0.1) is 5.10 Å². The summed E-state index contributed by atoms with van der Waals surface area (Å²) < 4.78 is 21.4. The first kappa shape index (κ1) is 21.5. The van der Waals surface area contributed by atoms with Gasteiger partial charge in [-0.1, -0.05) is 47.7 Å². The number of ether oxygens (including phenoxy) is 1. The Balaban J connectivity index is 1.12. The molecule has 0 saturated carbocycles. The highest BCUT2D eigenvalue weighted by Crippen LogP contribution is 2.27. The van der Waals surface area contributed by atoms with Crippen LogP contribution in [0.3, 0.4) is 0 Å². The summed E-state index contributed by atoms with van der Waals surface area (Å²) in [6.07, 6.45) is -0.235. The largest absolute Gasteiger partial charge is 0.365 e. The van der Waals surface area contributed by atoms with Gasteiger partial charge in [0.15, 0.2) is 0 Å². The van der Waals surface area contributed by atoms with Crippen molar-refractivity contribution in [3.8, 4) is 0 Å². The molecule has 3 aromatic rings. The number of nitrogens with zero attached hydrogens (tertiary/aromatic N) is 5. The highest BCUT2D eigenvalue weighted by Gasteiger charge is 2.27. The molecule has 1 fully saturated rings. The fourth-order valence-corrected chi connectivity index (χ4v) is 4.30. The van der Waals surface area contributed by atoms with Crippen molar-refractivity contribution in [3.63, 3.8) is 0 Å². The zero-order valence-electron chi connectivity index (χ0n) is 18.4. The summed E-state index contributed by atoms with van der Waals surface area (Å²) in [5.74, 6) is -0.269. The molecule has 0 aliphatic carbocycles. The number of amides is 2. The molecule has 2 amide bonds. The molecule has 2 aromatic carbocycles. The van der Waals surface area contributed by atoms with Gasteiger partial charge in [-0.3, -0.25) is 4.90 Å². The lowest BCUT2D eigenvalue weighted by molar-refractivity contribution is -0.00234. The first-order valence-corrected chi connectivity index (χ1v) is 11.2. The van der Waals surface area contributed by atoms with Gasteiger partial charge in [0.2, 0.25) is 0 Å². The lowest BCUT2D eigenvalue weighted by atomic mass is 10.1. The van der Waals surface area contributed by atoms with Crippen LogP contribution in [0.1, 0.15) is 28.6 Å². The molecule has 1 aromatic heterocycles. The third-order valence-corrected chi connectivity index (χ3v) is 6.22. The summed E-state index contributed by atoms with van der Waals surface area (Å²) >= 11 is 0. The van der Waals surface area contributed by atoms with Gasteiger partial charge >= 0.3 is 6.03 Å². The average molecular weight is 451 g/mol. The lowest BCUT2D eigenvalue weighted by Crippen LogP contribution is -2.51. The first-order valence-electron chi connectivity index (χ1n) is 11.2. The summed E-state index contributed by atoms with van der Waals surface area (Å²) in [7, 11) is 0. The van der Waals surface area contributed by atoms with E-state index in [0.717, 1.165) is 35.6 Å². The number of carbonyl (C=O) groups is 1. The topological polar surface area (TPSA) is 75.5 Å². The number of aromatic nitrogens is 3. The fraction of sp³-hybridized carbons (Fsp3) is 0.375. The van der Waals surface area contributed by atoms with Crippen molar-refractivity contribution in [2.45, 2.75) is 32.3 Å². The van der Waals surface area contributed by atoms with Gasteiger partial charge in [-0.2, -0.15) is 0 Å². The van der Waals surface area contributed by atoms with Gasteiger partial charge in [-0.05, 0) is 23.3 Å². The molecule has 0 spiro atoms. The summed E-state index contributed by atoms with van der Waals surface area (Å²) in [5.41, 5.74) is 3.75. The zero-order valence-corrected chi connectivity index (χ0v) is 18.4. The second-order valence-corrected chi connectivity index (χ2v) is 8.43. The van der Waals surface area contributed by atoms with E-state index in [9.17, 15) is 9.18 Å². The van der Waals surface area contributed by atoms with E-state index in [2.05, 4.69) is 20.5 Å². The van der Waals surface area contributed by atoms with Crippen LogP contribution in [0.4, 0.5) is 9.18 Å². The number of hydrogen-bond acceptors (Lipinski definition) is 5. The molecule has 33 heavy (non-hydrogen) atoms. The molecule has 172 valence electrons. The van der Waals surface area contributed by atoms with E-state index in [-0.39, 0.29) is 18.0 Å². The van der Waals surface area contributed by atoms with Gasteiger partial charge in [-0.25, -0.2) is 13.9 Å². The molecule has 1 unspecified atom stereocenters. The highest BCUT2D eigenvalue weighted by molar-refractivity contribution is 5.74. The second kappa shape index (κ2) is 9.68. The van der Waals surface area contributed by atoms with Crippen LogP contribution < -0.4 is 5.32 Å².